The Kier molecular flexibility index (Phi) is 5.63. The van der Waals surface area contributed by atoms with Gasteiger partial charge in [-0.3, -0.25) is 4.79 Å². The van der Waals surface area contributed by atoms with Gasteiger partial charge < -0.3 is 6.53 Å². The van der Waals surface area contributed by atoms with E-state index < -0.39 is 0 Å². The SMILES string of the molecule is O=C1C=CC(=Nc2ccc(O)c(Cl)c2Cl)C=C1.[H-].[Na+]. The van der Waals surface area contributed by atoms with Crippen molar-refractivity contribution in [3.05, 3.63) is 46.5 Å². The monoisotopic (exact) mass is 291 g/mol. The van der Waals surface area contributed by atoms with Gasteiger partial charge in [0.25, 0.3) is 0 Å². The van der Waals surface area contributed by atoms with Crippen LogP contribution < -0.4 is 29.6 Å². The van der Waals surface area contributed by atoms with Crippen LogP contribution in [0.4, 0.5) is 5.69 Å². The van der Waals surface area contributed by atoms with E-state index in [-0.39, 0.29) is 52.6 Å². The van der Waals surface area contributed by atoms with Gasteiger partial charge in [0.1, 0.15) is 10.8 Å². The minimum atomic E-state index is -0.0921. The van der Waals surface area contributed by atoms with Crippen molar-refractivity contribution in [2.75, 3.05) is 0 Å². The van der Waals surface area contributed by atoms with Gasteiger partial charge in [-0.2, -0.15) is 0 Å². The summed E-state index contributed by atoms with van der Waals surface area (Å²) >= 11 is 11.7. The Balaban J connectivity index is 0.00000162. The largest absolute Gasteiger partial charge is 1.00 e. The second kappa shape index (κ2) is 6.55. The maximum atomic E-state index is 10.9. The van der Waals surface area contributed by atoms with Gasteiger partial charge in [-0.1, -0.05) is 23.2 Å². The van der Waals surface area contributed by atoms with Crippen molar-refractivity contribution in [1.82, 2.24) is 0 Å². The van der Waals surface area contributed by atoms with Crippen LogP contribution in [-0.2, 0) is 4.79 Å². The summed E-state index contributed by atoms with van der Waals surface area (Å²) in [7, 11) is 0. The summed E-state index contributed by atoms with van der Waals surface area (Å²) < 4.78 is 0. The Bertz CT molecular complexity index is 567. The van der Waals surface area contributed by atoms with Gasteiger partial charge in [-0.15, -0.1) is 0 Å². The number of rotatable bonds is 1. The van der Waals surface area contributed by atoms with Crippen molar-refractivity contribution in [2.24, 2.45) is 4.99 Å². The van der Waals surface area contributed by atoms with Gasteiger partial charge in [0, 0.05) is 0 Å². The van der Waals surface area contributed by atoms with E-state index in [1.165, 1.54) is 18.2 Å². The van der Waals surface area contributed by atoms with Gasteiger partial charge >= 0.3 is 29.6 Å². The summed E-state index contributed by atoms with van der Waals surface area (Å²) in [6.45, 7) is 0. The van der Waals surface area contributed by atoms with E-state index in [1.807, 2.05) is 0 Å². The summed E-state index contributed by atoms with van der Waals surface area (Å²) in [5.74, 6) is -0.177. The molecule has 0 aliphatic heterocycles. The molecule has 1 aliphatic carbocycles. The molecule has 0 spiro atoms. The third-order valence-corrected chi connectivity index (χ3v) is 2.99. The number of nitrogens with zero attached hydrogens (tertiary/aromatic N) is 1. The topological polar surface area (TPSA) is 49.7 Å². The van der Waals surface area contributed by atoms with E-state index in [0.717, 1.165) is 0 Å². The zero-order chi connectivity index (χ0) is 12.4. The Labute approximate surface area is 138 Å². The van der Waals surface area contributed by atoms with Crippen molar-refractivity contribution in [3.63, 3.8) is 0 Å². The Morgan fingerprint density at radius 2 is 1.67 bits per heavy atom. The molecule has 0 aromatic heterocycles. The summed E-state index contributed by atoms with van der Waals surface area (Å²) in [5.41, 5.74) is 1.03. The molecule has 88 valence electrons. The molecule has 0 atom stereocenters. The zero-order valence-electron chi connectivity index (χ0n) is 10.5. The third-order valence-electron chi connectivity index (χ3n) is 2.13. The Hall–Kier alpha value is -0.580. The summed E-state index contributed by atoms with van der Waals surface area (Å²) in [5, 5.41) is 9.57. The average Bonchev–Trinajstić information content (AvgIpc) is 2.33. The molecular weight excluding hydrogens is 284 g/mol. The fourth-order valence-corrected chi connectivity index (χ4v) is 1.64. The number of benzene rings is 1. The molecule has 0 saturated carbocycles. The molecule has 1 aromatic carbocycles. The second-order valence-electron chi connectivity index (χ2n) is 3.34. The number of ketones is 1. The number of phenolic OH excluding ortho intramolecular Hbond substituents is 1. The maximum Gasteiger partial charge on any atom is 1.00 e. The number of carbonyl (C=O) groups is 1. The smallest absolute Gasteiger partial charge is 1.00 e. The van der Waals surface area contributed by atoms with Crippen molar-refractivity contribution in [2.45, 2.75) is 0 Å². The predicted octanol–water partition coefficient (Wildman–Crippen LogP) is 0.583. The van der Waals surface area contributed by atoms with E-state index in [4.69, 9.17) is 23.2 Å². The molecule has 0 bridgehead atoms. The normalized spacial score (nSPS) is 13.4. The van der Waals surface area contributed by atoms with Crippen LogP contribution in [0, 0.1) is 0 Å². The van der Waals surface area contributed by atoms with Gasteiger partial charge in [0.05, 0.1) is 16.4 Å². The molecule has 2 rings (SSSR count). The van der Waals surface area contributed by atoms with Gasteiger partial charge in [0.15, 0.2) is 5.78 Å². The molecule has 1 aromatic rings. The number of allylic oxidation sites excluding steroid dienone is 4. The summed E-state index contributed by atoms with van der Waals surface area (Å²) in [6, 6.07) is 2.96. The number of halogens is 2. The predicted molar refractivity (Wildman–Crippen MR) is 69.6 cm³/mol. The van der Waals surface area contributed by atoms with Crippen LogP contribution in [0.2, 0.25) is 10.0 Å². The van der Waals surface area contributed by atoms with Crippen molar-refractivity contribution in [3.8, 4) is 5.75 Å². The molecule has 0 amide bonds. The quantitative estimate of drug-likeness (QED) is 0.608. The molecule has 1 aliphatic rings. The van der Waals surface area contributed by atoms with Gasteiger partial charge in [0.2, 0.25) is 0 Å². The first kappa shape index (κ1) is 15.5. The summed E-state index contributed by atoms with van der Waals surface area (Å²) in [4.78, 5) is 15.1. The fourth-order valence-electron chi connectivity index (χ4n) is 1.28. The number of hydrogen-bond acceptors (Lipinski definition) is 3. The van der Waals surface area contributed by atoms with Crippen LogP contribution in [0.1, 0.15) is 1.43 Å². The molecule has 3 nitrogen and oxygen atoms in total. The Morgan fingerprint density at radius 3 is 2.28 bits per heavy atom. The van der Waals surface area contributed by atoms with Crippen LogP contribution in [-0.4, -0.2) is 16.6 Å². The number of aromatic hydroxyl groups is 1. The van der Waals surface area contributed by atoms with Crippen LogP contribution in [0.5, 0.6) is 5.75 Å². The standard InChI is InChI=1S/C12H7Cl2NO2.Na.H/c13-11-9(5-6-10(17)12(11)14)15-7-1-3-8(16)4-2-7;;/h1-6,17H;;/q;+1;-1. The number of hydrogen-bond donors (Lipinski definition) is 1. The summed E-state index contributed by atoms with van der Waals surface area (Å²) in [6.07, 6.45) is 5.99. The first-order valence-corrected chi connectivity index (χ1v) is 5.49. The molecule has 6 heteroatoms. The van der Waals surface area contributed by atoms with E-state index >= 15 is 0 Å². The average molecular weight is 292 g/mol. The van der Waals surface area contributed by atoms with Crippen LogP contribution in [0.25, 0.3) is 0 Å². The van der Waals surface area contributed by atoms with Crippen molar-refractivity contribution < 1.29 is 40.9 Å². The van der Waals surface area contributed by atoms with E-state index in [1.54, 1.807) is 18.2 Å². The van der Waals surface area contributed by atoms with Crippen molar-refractivity contribution >= 4 is 40.4 Å². The molecule has 0 radical (unpaired) electrons. The van der Waals surface area contributed by atoms with Crippen molar-refractivity contribution in [1.29, 1.82) is 0 Å². The minimum Gasteiger partial charge on any atom is -1.00 e. The fraction of sp³-hybridized carbons (Fsp3) is 0. The number of phenols is 1. The van der Waals surface area contributed by atoms with Crippen LogP contribution in [0.15, 0.2) is 41.4 Å². The maximum absolute atomic E-state index is 10.9. The molecule has 18 heavy (non-hydrogen) atoms. The van der Waals surface area contributed by atoms with E-state index in [0.29, 0.717) is 11.4 Å². The number of aliphatic imine (C=N–C) groups is 1. The van der Waals surface area contributed by atoms with E-state index in [2.05, 4.69) is 4.99 Å². The molecular formula is C12H8Cl2NNaO2. The van der Waals surface area contributed by atoms with Crippen LogP contribution >= 0.6 is 23.2 Å². The molecule has 0 fully saturated rings. The Morgan fingerprint density at radius 1 is 1.06 bits per heavy atom. The van der Waals surface area contributed by atoms with Crippen LogP contribution in [0.3, 0.4) is 0 Å². The molecule has 1 N–H and O–H groups in total. The minimum absolute atomic E-state index is 0. The number of carbonyl (C=O) groups excluding carboxylic acids is 1. The van der Waals surface area contributed by atoms with Gasteiger partial charge in [-0.25, -0.2) is 4.99 Å². The molecule has 0 unspecified atom stereocenters. The first-order chi connectivity index (χ1) is 8.08. The second-order valence-corrected chi connectivity index (χ2v) is 4.09. The molecule has 0 heterocycles. The van der Waals surface area contributed by atoms with E-state index in [9.17, 15) is 9.90 Å². The first-order valence-electron chi connectivity index (χ1n) is 4.73. The molecule has 0 saturated heterocycles. The third kappa shape index (κ3) is 3.46. The van der Waals surface area contributed by atoms with Gasteiger partial charge in [-0.05, 0) is 36.4 Å². The zero-order valence-corrected chi connectivity index (χ0v) is 13.0.